The van der Waals surface area contributed by atoms with Crippen LogP contribution in [0.5, 0.6) is 0 Å². The number of rotatable bonds is 49. The van der Waals surface area contributed by atoms with Crippen molar-refractivity contribution in [2.45, 2.75) is 284 Å². The third kappa shape index (κ3) is 50.2. The maximum absolute atomic E-state index is 12.8. The van der Waals surface area contributed by atoms with Gasteiger partial charge in [0, 0.05) is 19.3 Å². The van der Waals surface area contributed by atoms with Gasteiger partial charge in [0.1, 0.15) is 13.2 Å². The van der Waals surface area contributed by atoms with Gasteiger partial charge < -0.3 is 14.2 Å². The molecule has 0 aromatic heterocycles. The predicted molar refractivity (Wildman–Crippen MR) is 270 cm³/mol. The summed E-state index contributed by atoms with van der Waals surface area (Å²) < 4.78 is 16.8. The van der Waals surface area contributed by atoms with E-state index in [1.54, 1.807) is 0 Å². The Balaban J connectivity index is 4.42. The standard InChI is InChI=1S/C57H102O6/c1-4-7-10-13-16-19-22-25-27-28-29-30-33-35-38-41-44-47-50-56(59)62-53-54(52-61-55(58)49-46-43-40-37-34-31-24-21-18-15-12-9-6-3)63-57(60)51-48-45-42-39-36-32-26-23-20-17-14-11-8-5-2/h27-31,34,40,43,54H,4-26,32-33,35-39,41-42,44-53H2,1-3H3/b28-27+,30-29+,34-31+,43-40+. The van der Waals surface area contributed by atoms with Crippen molar-refractivity contribution in [1.29, 1.82) is 0 Å². The molecule has 0 aliphatic rings. The summed E-state index contributed by atoms with van der Waals surface area (Å²) in [7, 11) is 0. The minimum atomic E-state index is -0.799. The van der Waals surface area contributed by atoms with Gasteiger partial charge in [-0.05, 0) is 64.2 Å². The van der Waals surface area contributed by atoms with Gasteiger partial charge in [-0.25, -0.2) is 0 Å². The fraction of sp³-hybridized carbons (Fsp3) is 0.807. The van der Waals surface area contributed by atoms with E-state index in [4.69, 9.17) is 14.2 Å². The molecule has 1 unspecified atom stereocenters. The van der Waals surface area contributed by atoms with Crippen LogP contribution in [0.3, 0.4) is 0 Å². The zero-order valence-electron chi connectivity index (χ0n) is 41.8. The Morgan fingerprint density at radius 1 is 0.333 bits per heavy atom. The van der Waals surface area contributed by atoms with E-state index in [1.807, 2.05) is 6.08 Å². The van der Waals surface area contributed by atoms with Crippen molar-refractivity contribution in [2.24, 2.45) is 0 Å². The van der Waals surface area contributed by atoms with E-state index in [0.29, 0.717) is 19.3 Å². The maximum Gasteiger partial charge on any atom is 0.306 e. The van der Waals surface area contributed by atoms with E-state index in [-0.39, 0.29) is 37.5 Å². The molecule has 6 heteroatoms. The number of carbonyl (C=O) groups is 3. The second kappa shape index (κ2) is 52.0. The van der Waals surface area contributed by atoms with Crippen LogP contribution in [0.25, 0.3) is 0 Å². The van der Waals surface area contributed by atoms with Gasteiger partial charge in [-0.3, -0.25) is 14.4 Å². The highest BCUT2D eigenvalue weighted by Gasteiger charge is 2.19. The zero-order chi connectivity index (χ0) is 45.8. The van der Waals surface area contributed by atoms with E-state index in [9.17, 15) is 14.4 Å². The molecule has 6 nitrogen and oxygen atoms in total. The summed E-state index contributed by atoms with van der Waals surface area (Å²) in [5, 5.41) is 0. The van der Waals surface area contributed by atoms with Gasteiger partial charge in [0.25, 0.3) is 0 Å². The Morgan fingerprint density at radius 2 is 0.651 bits per heavy atom. The third-order valence-electron chi connectivity index (χ3n) is 11.8. The van der Waals surface area contributed by atoms with Crippen molar-refractivity contribution in [3.8, 4) is 0 Å². The molecule has 0 saturated carbocycles. The molecule has 0 amide bonds. The van der Waals surface area contributed by atoms with Gasteiger partial charge in [-0.2, -0.15) is 0 Å². The summed E-state index contributed by atoms with van der Waals surface area (Å²) in [5.74, 6) is -0.969. The lowest BCUT2D eigenvalue weighted by Crippen LogP contribution is -2.30. The third-order valence-corrected chi connectivity index (χ3v) is 11.8. The Bertz CT molecular complexity index is 1110. The molecule has 0 aromatic rings. The van der Waals surface area contributed by atoms with Gasteiger partial charge in [-0.1, -0.05) is 243 Å². The van der Waals surface area contributed by atoms with Crippen molar-refractivity contribution in [3.05, 3.63) is 48.6 Å². The fourth-order valence-corrected chi connectivity index (χ4v) is 7.72. The molecule has 1 atom stereocenters. The first kappa shape index (κ1) is 60.4. The number of allylic oxidation sites excluding steroid dienone is 8. The van der Waals surface area contributed by atoms with Gasteiger partial charge >= 0.3 is 17.9 Å². The van der Waals surface area contributed by atoms with Crippen LogP contribution in [-0.4, -0.2) is 37.2 Å². The lowest BCUT2D eigenvalue weighted by atomic mass is 10.0. The summed E-state index contributed by atoms with van der Waals surface area (Å²) >= 11 is 0. The van der Waals surface area contributed by atoms with E-state index in [2.05, 4.69) is 63.3 Å². The molecule has 0 aliphatic carbocycles. The Labute approximate surface area is 390 Å². The molecule has 0 aliphatic heterocycles. The van der Waals surface area contributed by atoms with Crippen LogP contribution in [0.15, 0.2) is 48.6 Å². The average molecular weight is 883 g/mol. The molecule has 0 spiro atoms. The number of esters is 3. The van der Waals surface area contributed by atoms with Crippen LogP contribution in [0.2, 0.25) is 0 Å². The quantitative estimate of drug-likeness (QED) is 0.0199. The van der Waals surface area contributed by atoms with E-state index in [0.717, 1.165) is 70.6 Å². The molecule has 0 heterocycles. The Morgan fingerprint density at radius 3 is 1.06 bits per heavy atom. The van der Waals surface area contributed by atoms with Crippen molar-refractivity contribution in [3.63, 3.8) is 0 Å². The highest BCUT2D eigenvalue weighted by Crippen LogP contribution is 2.15. The van der Waals surface area contributed by atoms with Crippen LogP contribution >= 0.6 is 0 Å². The summed E-state index contributed by atoms with van der Waals surface area (Å²) in [6.07, 6.45) is 62.5. The number of carbonyl (C=O) groups excluding carboxylic acids is 3. The summed E-state index contributed by atoms with van der Waals surface area (Å²) in [6.45, 7) is 6.58. The van der Waals surface area contributed by atoms with E-state index < -0.39 is 6.10 Å². The van der Waals surface area contributed by atoms with Crippen LogP contribution < -0.4 is 0 Å². The van der Waals surface area contributed by atoms with Crippen molar-refractivity contribution >= 4 is 17.9 Å². The molecule has 0 rings (SSSR count). The molecule has 366 valence electrons. The fourth-order valence-electron chi connectivity index (χ4n) is 7.72. The highest BCUT2D eigenvalue weighted by molar-refractivity contribution is 5.71. The van der Waals surface area contributed by atoms with Crippen LogP contribution in [-0.2, 0) is 28.6 Å². The molecule has 0 saturated heterocycles. The highest BCUT2D eigenvalue weighted by atomic mass is 16.6. The number of ether oxygens (including phenoxy) is 3. The lowest BCUT2D eigenvalue weighted by molar-refractivity contribution is -0.166. The van der Waals surface area contributed by atoms with Gasteiger partial charge in [0.05, 0.1) is 0 Å². The van der Waals surface area contributed by atoms with Crippen LogP contribution in [0, 0.1) is 0 Å². The minimum absolute atomic E-state index is 0.0958. The molecular formula is C57H102O6. The molecular weight excluding hydrogens is 781 g/mol. The van der Waals surface area contributed by atoms with Crippen molar-refractivity contribution in [1.82, 2.24) is 0 Å². The first-order chi connectivity index (χ1) is 31.0. The van der Waals surface area contributed by atoms with E-state index in [1.165, 1.54) is 161 Å². The van der Waals surface area contributed by atoms with Crippen LogP contribution in [0.4, 0.5) is 0 Å². The molecule has 0 fully saturated rings. The Kier molecular flexibility index (Phi) is 49.8. The summed E-state index contributed by atoms with van der Waals surface area (Å²) in [5.41, 5.74) is 0. The molecule has 63 heavy (non-hydrogen) atoms. The number of unbranched alkanes of at least 4 members (excludes halogenated alkanes) is 31. The summed E-state index contributed by atoms with van der Waals surface area (Å²) in [6, 6.07) is 0. The number of hydrogen-bond acceptors (Lipinski definition) is 6. The molecule has 0 radical (unpaired) electrons. The van der Waals surface area contributed by atoms with Gasteiger partial charge in [-0.15, -0.1) is 0 Å². The van der Waals surface area contributed by atoms with Crippen molar-refractivity contribution in [2.75, 3.05) is 13.2 Å². The maximum atomic E-state index is 12.8. The van der Waals surface area contributed by atoms with E-state index >= 15 is 0 Å². The topological polar surface area (TPSA) is 78.9 Å². The molecule has 0 bridgehead atoms. The first-order valence-electron chi connectivity index (χ1n) is 27.2. The second-order valence-corrected chi connectivity index (χ2v) is 18.2. The largest absolute Gasteiger partial charge is 0.462 e. The second-order valence-electron chi connectivity index (χ2n) is 18.2. The average Bonchev–Trinajstić information content (AvgIpc) is 3.28. The predicted octanol–water partition coefficient (Wildman–Crippen LogP) is 17.9. The smallest absolute Gasteiger partial charge is 0.306 e. The monoisotopic (exact) mass is 883 g/mol. The molecule has 0 N–H and O–H groups in total. The Hall–Kier alpha value is -2.63. The van der Waals surface area contributed by atoms with Gasteiger partial charge in [0.15, 0.2) is 6.10 Å². The van der Waals surface area contributed by atoms with Crippen LogP contribution in [0.1, 0.15) is 278 Å². The summed E-state index contributed by atoms with van der Waals surface area (Å²) in [4.78, 5) is 38.0. The SMILES string of the molecule is CCCCCCCC/C=C/C/C=C/CCC(=O)OCC(COC(=O)CCCCCCC/C=C/C=C/CCCCCCCCC)OC(=O)CCCCCCCCCCCCCCCC. The normalized spacial score (nSPS) is 12.4. The minimum Gasteiger partial charge on any atom is -0.462 e. The number of hydrogen-bond donors (Lipinski definition) is 0. The molecule has 0 aromatic carbocycles. The van der Waals surface area contributed by atoms with Crippen molar-refractivity contribution < 1.29 is 28.6 Å². The first-order valence-corrected chi connectivity index (χ1v) is 27.2. The van der Waals surface area contributed by atoms with Gasteiger partial charge in [0.2, 0.25) is 0 Å². The lowest BCUT2D eigenvalue weighted by Gasteiger charge is -2.18. The zero-order valence-corrected chi connectivity index (χ0v) is 41.8.